The fourth-order valence-corrected chi connectivity index (χ4v) is 2.33. The van der Waals surface area contributed by atoms with Crippen molar-refractivity contribution in [2.45, 2.75) is 0 Å². The Morgan fingerprint density at radius 3 is 2.63 bits per heavy atom. The predicted molar refractivity (Wildman–Crippen MR) is 67.1 cm³/mol. The first-order valence-corrected chi connectivity index (χ1v) is 6.73. The molecule has 0 spiro atoms. The summed E-state index contributed by atoms with van der Waals surface area (Å²) in [6, 6.07) is 6.31. The van der Waals surface area contributed by atoms with Crippen molar-refractivity contribution in [2.24, 2.45) is 0 Å². The Labute approximate surface area is 110 Å². The van der Waals surface area contributed by atoms with Crippen molar-refractivity contribution < 1.29 is 22.7 Å². The molecule has 0 radical (unpaired) electrons. The Morgan fingerprint density at radius 2 is 2.11 bits per heavy atom. The van der Waals surface area contributed by atoms with Gasteiger partial charge in [-0.25, -0.2) is 8.42 Å². The molecule has 0 heterocycles. The van der Waals surface area contributed by atoms with Crippen molar-refractivity contribution in [1.29, 1.82) is 5.26 Å². The number of anilines is 1. The molecule has 1 N–H and O–H groups in total. The normalized spacial score (nSPS) is 10.4. The molecule has 0 atom stereocenters. The zero-order chi connectivity index (χ0) is 14.5. The average molecular weight is 284 g/mol. The summed E-state index contributed by atoms with van der Waals surface area (Å²) in [5.74, 6) is -1.56. The highest BCUT2D eigenvalue weighted by Crippen LogP contribution is 2.28. The molecule has 0 unspecified atom stereocenters. The van der Waals surface area contributed by atoms with Crippen LogP contribution in [0.1, 0.15) is 5.56 Å². The van der Waals surface area contributed by atoms with Gasteiger partial charge in [-0.2, -0.15) is 5.26 Å². The van der Waals surface area contributed by atoms with Crippen LogP contribution in [-0.2, 0) is 19.6 Å². The van der Waals surface area contributed by atoms with Crippen molar-refractivity contribution in [3.8, 4) is 11.8 Å². The average Bonchev–Trinajstić information content (AvgIpc) is 2.37. The number of carbonyl (C=O) groups excluding carboxylic acids is 1. The molecule has 102 valence electrons. The molecule has 0 amide bonds. The maximum atomic E-state index is 11.7. The van der Waals surface area contributed by atoms with Crippen LogP contribution in [-0.4, -0.2) is 34.4 Å². The third-order valence-electron chi connectivity index (χ3n) is 2.16. The van der Waals surface area contributed by atoms with Crippen LogP contribution in [0.4, 0.5) is 5.69 Å². The van der Waals surface area contributed by atoms with Gasteiger partial charge in [0.2, 0.25) is 10.0 Å². The molecule has 0 aliphatic carbocycles. The number of carbonyl (C=O) groups is 1. The van der Waals surface area contributed by atoms with E-state index in [0.29, 0.717) is 0 Å². The van der Waals surface area contributed by atoms with Gasteiger partial charge < -0.3 is 9.47 Å². The first-order valence-electron chi connectivity index (χ1n) is 5.08. The second kappa shape index (κ2) is 6.06. The molecule has 0 aliphatic heterocycles. The minimum atomic E-state index is -3.97. The fourth-order valence-electron chi connectivity index (χ4n) is 1.31. The molecule has 0 bridgehead atoms. The summed E-state index contributed by atoms with van der Waals surface area (Å²) < 4.78 is 34.9. The number of methoxy groups -OCH3 is 2. The van der Waals surface area contributed by atoms with E-state index < -0.39 is 21.7 Å². The summed E-state index contributed by atoms with van der Waals surface area (Å²) in [4.78, 5) is 11.0. The minimum Gasteiger partial charge on any atom is -0.495 e. The lowest BCUT2D eigenvalue weighted by Crippen LogP contribution is -2.24. The standard InChI is InChI=1S/C11H12N2O5S/c1-17-9-5-3-4-8(6-12)11(9)13-19(15,16)7-10(14)18-2/h3-5,13H,7H2,1-2H3. The number of para-hydroxylation sites is 1. The van der Waals surface area contributed by atoms with E-state index in [4.69, 9.17) is 10.00 Å². The highest BCUT2D eigenvalue weighted by Gasteiger charge is 2.20. The van der Waals surface area contributed by atoms with Gasteiger partial charge in [-0.05, 0) is 12.1 Å². The van der Waals surface area contributed by atoms with Crippen molar-refractivity contribution in [2.75, 3.05) is 24.7 Å². The Bertz CT molecular complexity index is 618. The van der Waals surface area contributed by atoms with Crippen LogP contribution in [0.25, 0.3) is 0 Å². The number of esters is 1. The predicted octanol–water partition coefficient (Wildman–Crippen LogP) is 0.482. The molecular formula is C11H12N2O5S. The number of hydrogen-bond donors (Lipinski definition) is 1. The summed E-state index contributed by atoms with van der Waals surface area (Å²) in [7, 11) is -1.54. The summed E-state index contributed by atoms with van der Waals surface area (Å²) >= 11 is 0. The molecule has 19 heavy (non-hydrogen) atoms. The van der Waals surface area contributed by atoms with Crippen molar-refractivity contribution >= 4 is 21.7 Å². The Kier molecular flexibility index (Phi) is 4.72. The smallest absolute Gasteiger partial charge is 0.322 e. The van der Waals surface area contributed by atoms with E-state index in [1.54, 1.807) is 6.07 Å². The highest BCUT2D eigenvalue weighted by molar-refractivity contribution is 7.93. The van der Waals surface area contributed by atoms with Crippen LogP contribution in [0.2, 0.25) is 0 Å². The van der Waals surface area contributed by atoms with Crippen LogP contribution >= 0.6 is 0 Å². The molecule has 0 aromatic heterocycles. The molecule has 1 rings (SSSR count). The first kappa shape index (κ1) is 14.8. The van der Waals surface area contributed by atoms with E-state index >= 15 is 0 Å². The largest absolute Gasteiger partial charge is 0.495 e. The Morgan fingerprint density at radius 1 is 1.42 bits per heavy atom. The number of nitriles is 1. The summed E-state index contributed by atoms with van der Waals surface area (Å²) in [5, 5.41) is 8.93. The van der Waals surface area contributed by atoms with Crippen molar-refractivity contribution in [3.63, 3.8) is 0 Å². The zero-order valence-corrected chi connectivity index (χ0v) is 11.2. The van der Waals surface area contributed by atoms with Crippen LogP contribution in [0.5, 0.6) is 5.75 Å². The van der Waals surface area contributed by atoms with Gasteiger partial charge in [0.25, 0.3) is 0 Å². The zero-order valence-electron chi connectivity index (χ0n) is 10.3. The number of hydrogen-bond acceptors (Lipinski definition) is 6. The number of nitrogens with one attached hydrogen (secondary N) is 1. The van der Waals surface area contributed by atoms with Gasteiger partial charge in [0.1, 0.15) is 17.5 Å². The van der Waals surface area contributed by atoms with Crippen LogP contribution in [0, 0.1) is 11.3 Å². The van der Waals surface area contributed by atoms with E-state index in [1.807, 2.05) is 6.07 Å². The topological polar surface area (TPSA) is 105 Å². The highest BCUT2D eigenvalue weighted by atomic mass is 32.2. The third kappa shape index (κ3) is 3.86. The lowest BCUT2D eigenvalue weighted by Gasteiger charge is -2.12. The fraction of sp³-hybridized carbons (Fsp3) is 0.273. The van der Waals surface area contributed by atoms with Gasteiger partial charge in [0.05, 0.1) is 19.8 Å². The number of rotatable bonds is 5. The molecule has 1 aromatic carbocycles. The van der Waals surface area contributed by atoms with Crippen LogP contribution < -0.4 is 9.46 Å². The molecular weight excluding hydrogens is 272 g/mol. The number of sulfonamides is 1. The number of ether oxygens (including phenoxy) is 2. The third-order valence-corrected chi connectivity index (χ3v) is 3.29. The summed E-state index contributed by atoms with van der Waals surface area (Å²) in [6.45, 7) is 0. The lowest BCUT2D eigenvalue weighted by atomic mass is 10.2. The van der Waals surface area contributed by atoms with E-state index in [2.05, 4.69) is 9.46 Å². The van der Waals surface area contributed by atoms with Gasteiger partial charge in [0.15, 0.2) is 5.75 Å². The van der Waals surface area contributed by atoms with Gasteiger partial charge in [0, 0.05) is 0 Å². The second-order valence-corrected chi connectivity index (χ2v) is 5.15. The van der Waals surface area contributed by atoms with E-state index in [0.717, 1.165) is 7.11 Å². The number of nitrogens with zero attached hydrogens (tertiary/aromatic N) is 1. The first-order chi connectivity index (χ1) is 8.93. The SMILES string of the molecule is COC(=O)CS(=O)(=O)Nc1c(C#N)cccc1OC. The summed E-state index contributed by atoms with van der Waals surface area (Å²) in [6.07, 6.45) is 0. The van der Waals surface area contributed by atoms with Gasteiger partial charge in [-0.3, -0.25) is 9.52 Å². The molecule has 0 saturated heterocycles. The van der Waals surface area contributed by atoms with Gasteiger partial charge in [-0.1, -0.05) is 6.07 Å². The monoisotopic (exact) mass is 284 g/mol. The Balaban J connectivity index is 3.12. The molecule has 0 aliphatic rings. The maximum absolute atomic E-state index is 11.7. The quantitative estimate of drug-likeness (QED) is 0.788. The van der Waals surface area contributed by atoms with E-state index in [-0.39, 0.29) is 17.0 Å². The summed E-state index contributed by atoms with van der Waals surface area (Å²) in [5.41, 5.74) is 0.0872. The lowest BCUT2D eigenvalue weighted by molar-refractivity contribution is -0.137. The van der Waals surface area contributed by atoms with Gasteiger partial charge >= 0.3 is 5.97 Å². The molecule has 8 heteroatoms. The van der Waals surface area contributed by atoms with Crippen molar-refractivity contribution in [3.05, 3.63) is 23.8 Å². The molecule has 0 saturated carbocycles. The number of benzene rings is 1. The van der Waals surface area contributed by atoms with Crippen LogP contribution in [0.3, 0.4) is 0 Å². The molecule has 0 fully saturated rings. The minimum absolute atomic E-state index is 0.00333. The molecule has 7 nitrogen and oxygen atoms in total. The van der Waals surface area contributed by atoms with E-state index in [9.17, 15) is 13.2 Å². The maximum Gasteiger partial charge on any atom is 0.322 e. The van der Waals surface area contributed by atoms with Gasteiger partial charge in [-0.15, -0.1) is 0 Å². The van der Waals surface area contributed by atoms with E-state index in [1.165, 1.54) is 19.2 Å². The van der Waals surface area contributed by atoms with Crippen molar-refractivity contribution in [1.82, 2.24) is 0 Å². The second-order valence-electron chi connectivity index (χ2n) is 3.43. The molecule has 1 aromatic rings. The van der Waals surface area contributed by atoms with Crippen LogP contribution in [0.15, 0.2) is 18.2 Å². The Hall–Kier alpha value is -2.27.